The molecule has 1 amide bonds. The zero-order valence-corrected chi connectivity index (χ0v) is 23.8. The first-order valence-electron chi connectivity index (χ1n) is 12.8. The number of hydrogen-bond acceptors (Lipinski definition) is 4. The minimum atomic E-state index is -0.293. The smallest absolute Gasteiger partial charge is 0.258 e. The molecular weight excluding hydrogens is 608 g/mol. The van der Waals surface area contributed by atoms with E-state index in [0.29, 0.717) is 24.2 Å². The second-order valence-corrected chi connectivity index (χ2v) is 11.6. The maximum absolute atomic E-state index is 13.7. The first kappa shape index (κ1) is 25.2. The van der Waals surface area contributed by atoms with Gasteiger partial charge in [0.25, 0.3) is 11.5 Å². The van der Waals surface area contributed by atoms with E-state index >= 15 is 0 Å². The molecule has 0 radical (unpaired) electrons. The van der Waals surface area contributed by atoms with Gasteiger partial charge in [0.2, 0.25) is 0 Å². The van der Waals surface area contributed by atoms with Crippen LogP contribution in [0.4, 0.5) is 0 Å². The topological polar surface area (TPSA) is 68.8 Å². The monoisotopic (exact) mass is 632 g/mol. The number of aromatic amines is 1. The van der Waals surface area contributed by atoms with E-state index < -0.39 is 0 Å². The van der Waals surface area contributed by atoms with Gasteiger partial charge in [0.05, 0.1) is 23.9 Å². The molecule has 6 rings (SSSR count). The predicted octanol–water partition coefficient (Wildman–Crippen LogP) is 6.49. The molecule has 38 heavy (non-hydrogen) atoms. The lowest BCUT2D eigenvalue weighted by molar-refractivity contribution is -0.134. The first-order chi connectivity index (χ1) is 18.5. The van der Waals surface area contributed by atoms with E-state index in [-0.39, 0.29) is 17.5 Å². The fourth-order valence-corrected chi connectivity index (χ4v) is 6.29. The molecule has 2 aliphatic rings. The molecule has 8 heteroatoms. The molecule has 3 heterocycles. The van der Waals surface area contributed by atoms with Crippen LogP contribution in [-0.2, 0) is 4.79 Å². The van der Waals surface area contributed by atoms with Crippen LogP contribution in [0.3, 0.4) is 0 Å². The molecule has 1 saturated heterocycles. The second-order valence-electron chi connectivity index (χ2n) is 9.80. The summed E-state index contributed by atoms with van der Waals surface area (Å²) in [5.41, 5.74) is 4.41. The number of likely N-dealkylation sites (tertiary alicyclic amines) is 1. The Morgan fingerprint density at radius 3 is 2.45 bits per heavy atom. The Bertz CT molecular complexity index is 1610. The third kappa shape index (κ3) is 4.88. The molecule has 0 unspecified atom stereocenters. The van der Waals surface area contributed by atoms with E-state index in [2.05, 4.69) is 41.7 Å². The first-order valence-corrected chi connectivity index (χ1v) is 14.4. The molecule has 3 aromatic carbocycles. The van der Waals surface area contributed by atoms with Crippen LogP contribution in [0.5, 0.6) is 0 Å². The van der Waals surface area contributed by atoms with Crippen molar-refractivity contribution in [1.82, 2.24) is 14.9 Å². The minimum absolute atomic E-state index is 0.0481. The Kier molecular flexibility index (Phi) is 7.03. The van der Waals surface area contributed by atoms with E-state index in [1.165, 1.54) is 0 Å². The lowest BCUT2D eigenvalue weighted by atomic mass is 9.91. The summed E-state index contributed by atoms with van der Waals surface area (Å²) in [5, 5.41) is 7.42. The molecule has 192 valence electrons. The molecule has 1 aromatic heterocycles. The molecule has 0 aliphatic carbocycles. The molecule has 0 bridgehead atoms. The molecule has 2 aliphatic heterocycles. The van der Waals surface area contributed by atoms with Crippen molar-refractivity contribution in [3.8, 4) is 11.1 Å². The Morgan fingerprint density at radius 1 is 0.921 bits per heavy atom. The number of fused-ring (bicyclic) bond motifs is 1. The Balaban J connectivity index is 1.51. The highest BCUT2D eigenvalue weighted by atomic mass is 79.9. The molecule has 4 aromatic rings. The largest absolute Gasteiger partial charge is 0.321 e. The number of H-pyrrole nitrogens is 1. The van der Waals surface area contributed by atoms with Crippen molar-refractivity contribution in [1.29, 1.82) is 0 Å². The normalized spacial score (nSPS) is 17.8. The summed E-state index contributed by atoms with van der Waals surface area (Å²) in [6, 6.07) is 23.5. The number of pyridine rings is 1. The summed E-state index contributed by atoms with van der Waals surface area (Å²) in [6.07, 6.45) is 2.67. The number of carbonyl (C=O) groups excluding carboxylic acids is 1. The average molecular weight is 634 g/mol. The summed E-state index contributed by atoms with van der Waals surface area (Å²) in [6.45, 7) is 2.18. The van der Waals surface area contributed by atoms with Gasteiger partial charge < -0.3 is 4.98 Å². The zero-order chi connectivity index (χ0) is 26.2. The zero-order valence-electron chi connectivity index (χ0n) is 20.7. The third-order valence-electron chi connectivity index (χ3n) is 7.28. The van der Waals surface area contributed by atoms with Crippen molar-refractivity contribution in [2.24, 2.45) is 5.10 Å². The van der Waals surface area contributed by atoms with Gasteiger partial charge in [0, 0.05) is 31.8 Å². The maximum Gasteiger partial charge on any atom is 0.258 e. The van der Waals surface area contributed by atoms with Crippen molar-refractivity contribution in [2.75, 3.05) is 19.6 Å². The second kappa shape index (κ2) is 10.6. The van der Waals surface area contributed by atoms with Gasteiger partial charge in [-0.1, -0.05) is 74.3 Å². The molecular formula is C30H26Br2N4O2. The van der Waals surface area contributed by atoms with E-state index in [4.69, 9.17) is 5.10 Å². The Morgan fingerprint density at radius 2 is 1.68 bits per heavy atom. The van der Waals surface area contributed by atoms with Crippen LogP contribution in [0.1, 0.15) is 36.4 Å². The summed E-state index contributed by atoms with van der Waals surface area (Å²) >= 11 is 7.17. The fraction of sp³-hybridized carbons (Fsp3) is 0.233. The van der Waals surface area contributed by atoms with Gasteiger partial charge >= 0.3 is 0 Å². The average Bonchev–Trinajstić information content (AvgIpc) is 3.59. The quantitative estimate of drug-likeness (QED) is 0.273. The number of nitrogens with zero attached hydrogens (tertiary/aromatic N) is 3. The number of nitrogens with one attached hydrogen (secondary N) is 1. The lowest BCUT2D eigenvalue weighted by Gasteiger charge is -2.24. The summed E-state index contributed by atoms with van der Waals surface area (Å²) in [4.78, 5) is 32.5. The molecule has 0 spiro atoms. The summed E-state index contributed by atoms with van der Waals surface area (Å²) in [7, 11) is 0. The fourth-order valence-electron chi connectivity index (χ4n) is 5.51. The van der Waals surface area contributed by atoms with E-state index in [1.54, 1.807) is 5.01 Å². The van der Waals surface area contributed by atoms with Crippen LogP contribution < -0.4 is 5.56 Å². The minimum Gasteiger partial charge on any atom is -0.321 e. The van der Waals surface area contributed by atoms with E-state index in [0.717, 1.165) is 62.5 Å². The standard InChI is InChI=1S/C30H26Br2N4O2/c31-21-10-6-9-20(15-21)26-17-25(34-36(26)27(37)18-35-13-4-5-14-35)29-28(19-7-2-1-3-8-19)23-16-22(32)11-12-24(23)33-30(29)38/h1-3,6-12,15-16,26H,4-5,13-14,17-18H2,(H,33,38)/t26-/m1/s1. The van der Waals surface area contributed by atoms with E-state index in [1.807, 2.05) is 72.8 Å². The van der Waals surface area contributed by atoms with Gasteiger partial charge in [-0.15, -0.1) is 0 Å². The van der Waals surface area contributed by atoms with Crippen LogP contribution in [0.2, 0.25) is 0 Å². The molecule has 1 N–H and O–H groups in total. The number of aromatic nitrogens is 1. The highest BCUT2D eigenvalue weighted by molar-refractivity contribution is 9.10. The van der Waals surface area contributed by atoms with Crippen LogP contribution in [0.25, 0.3) is 22.0 Å². The lowest BCUT2D eigenvalue weighted by Crippen LogP contribution is -2.36. The van der Waals surface area contributed by atoms with Gasteiger partial charge in [-0.2, -0.15) is 5.10 Å². The number of amides is 1. The summed E-state index contributed by atoms with van der Waals surface area (Å²) in [5.74, 6) is -0.0481. The van der Waals surface area contributed by atoms with E-state index in [9.17, 15) is 9.59 Å². The number of rotatable bonds is 5. The van der Waals surface area contributed by atoms with Gasteiger partial charge in [0.15, 0.2) is 0 Å². The van der Waals surface area contributed by atoms with Crippen LogP contribution >= 0.6 is 31.9 Å². The van der Waals surface area contributed by atoms with Gasteiger partial charge in [0.1, 0.15) is 0 Å². The third-order valence-corrected chi connectivity index (χ3v) is 8.27. The predicted molar refractivity (Wildman–Crippen MR) is 158 cm³/mol. The van der Waals surface area contributed by atoms with Crippen molar-refractivity contribution >= 4 is 54.4 Å². The van der Waals surface area contributed by atoms with Gasteiger partial charge in [-0.05, 0) is 67.4 Å². The Labute approximate surface area is 237 Å². The SMILES string of the molecule is O=C(CN1CCCC1)N1N=C(c2c(-c3ccccc3)c3cc(Br)ccc3[nH]c2=O)C[C@@H]1c1cccc(Br)c1. The van der Waals surface area contributed by atoms with Crippen molar-refractivity contribution < 1.29 is 4.79 Å². The molecule has 0 saturated carbocycles. The number of halogens is 2. The summed E-state index contributed by atoms with van der Waals surface area (Å²) < 4.78 is 1.86. The number of benzene rings is 3. The van der Waals surface area contributed by atoms with Gasteiger partial charge in [-0.25, -0.2) is 5.01 Å². The van der Waals surface area contributed by atoms with Crippen LogP contribution in [-0.4, -0.2) is 46.1 Å². The highest BCUT2D eigenvalue weighted by Gasteiger charge is 2.36. The number of carbonyl (C=O) groups is 1. The molecule has 1 atom stereocenters. The van der Waals surface area contributed by atoms with Crippen molar-refractivity contribution in [3.63, 3.8) is 0 Å². The maximum atomic E-state index is 13.7. The van der Waals surface area contributed by atoms with Gasteiger partial charge in [-0.3, -0.25) is 14.5 Å². The van der Waals surface area contributed by atoms with Crippen molar-refractivity contribution in [2.45, 2.75) is 25.3 Å². The van der Waals surface area contributed by atoms with Crippen LogP contribution in [0.15, 0.2) is 91.6 Å². The molecule has 1 fully saturated rings. The van der Waals surface area contributed by atoms with Crippen molar-refractivity contribution in [3.05, 3.63) is 103 Å². The Hall–Kier alpha value is -3.07. The number of hydrazone groups is 1. The van der Waals surface area contributed by atoms with Crippen LogP contribution in [0, 0.1) is 0 Å². The number of hydrogen-bond donors (Lipinski definition) is 1. The molecule has 6 nitrogen and oxygen atoms in total. The highest BCUT2D eigenvalue weighted by Crippen LogP contribution is 2.38.